The molecule has 7 nitrogen and oxygen atoms in total. The second-order valence-electron chi connectivity index (χ2n) is 3.37. The summed E-state index contributed by atoms with van der Waals surface area (Å²) in [6, 6.07) is 6.14. The van der Waals surface area contributed by atoms with E-state index in [1.165, 1.54) is 24.8 Å². The number of aromatic nitrogens is 3. The Bertz CT molecular complexity index is 593. The van der Waals surface area contributed by atoms with E-state index in [1.54, 1.807) is 12.1 Å². The molecule has 1 heterocycles. The van der Waals surface area contributed by atoms with E-state index in [-0.39, 0.29) is 4.90 Å². The van der Waals surface area contributed by atoms with Gasteiger partial charge in [-0.25, -0.2) is 9.51 Å². The number of nitrogens with zero attached hydrogens (tertiary/aromatic N) is 3. The standard InChI is InChI=1S/C10H12N4O3S/c1-2-17-9-3-5-10(6-4-9)18(15,16)13-14-7-11-12-8-14/h3-8,13H,2H2,1H3. The summed E-state index contributed by atoms with van der Waals surface area (Å²) in [5, 5.41) is 7.01. The molecule has 0 unspecified atom stereocenters. The van der Waals surface area contributed by atoms with Gasteiger partial charge in [-0.1, -0.05) is 0 Å². The maximum absolute atomic E-state index is 11.9. The Morgan fingerprint density at radius 1 is 1.22 bits per heavy atom. The van der Waals surface area contributed by atoms with Crippen molar-refractivity contribution < 1.29 is 13.2 Å². The average molecular weight is 268 g/mol. The van der Waals surface area contributed by atoms with Crippen molar-refractivity contribution in [3.05, 3.63) is 36.9 Å². The molecule has 0 radical (unpaired) electrons. The number of hydrogen-bond donors (Lipinski definition) is 1. The molecule has 0 fully saturated rings. The monoisotopic (exact) mass is 268 g/mol. The summed E-state index contributed by atoms with van der Waals surface area (Å²) in [6.07, 6.45) is 2.51. The maximum atomic E-state index is 11.9. The molecule has 0 amide bonds. The molecule has 2 aromatic rings. The highest BCUT2D eigenvalue weighted by Gasteiger charge is 2.13. The molecule has 18 heavy (non-hydrogen) atoms. The molecular formula is C10H12N4O3S. The minimum Gasteiger partial charge on any atom is -0.494 e. The molecule has 96 valence electrons. The van der Waals surface area contributed by atoms with Crippen LogP contribution >= 0.6 is 0 Å². The van der Waals surface area contributed by atoms with Gasteiger partial charge in [0.05, 0.1) is 11.5 Å². The third-order valence-electron chi connectivity index (χ3n) is 2.09. The van der Waals surface area contributed by atoms with Crippen LogP contribution in [-0.2, 0) is 10.0 Å². The Labute approximate surface area is 104 Å². The van der Waals surface area contributed by atoms with Crippen LogP contribution in [0.5, 0.6) is 5.75 Å². The lowest BCUT2D eigenvalue weighted by Gasteiger charge is -2.08. The summed E-state index contributed by atoms with van der Waals surface area (Å²) in [4.78, 5) is 2.43. The van der Waals surface area contributed by atoms with Crippen molar-refractivity contribution in [3.63, 3.8) is 0 Å². The van der Waals surface area contributed by atoms with E-state index in [0.717, 1.165) is 4.68 Å². The van der Waals surface area contributed by atoms with Gasteiger partial charge in [0.1, 0.15) is 18.4 Å². The van der Waals surface area contributed by atoms with Crippen molar-refractivity contribution in [2.75, 3.05) is 11.4 Å². The van der Waals surface area contributed by atoms with Gasteiger partial charge in [0.15, 0.2) is 0 Å². The number of benzene rings is 1. The Balaban J connectivity index is 2.19. The average Bonchev–Trinajstić information content (AvgIpc) is 2.82. The normalized spacial score (nSPS) is 11.2. The van der Waals surface area contributed by atoms with Crippen LogP contribution in [0.2, 0.25) is 0 Å². The van der Waals surface area contributed by atoms with Crippen LogP contribution in [-0.4, -0.2) is 29.9 Å². The van der Waals surface area contributed by atoms with Crippen LogP contribution in [0.1, 0.15) is 6.92 Å². The predicted molar refractivity (Wildman–Crippen MR) is 64.2 cm³/mol. The second kappa shape index (κ2) is 5.05. The van der Waals surface area contributed by atoms with Gasteiger partial charge in [0.2, 0.25) is 0 Å². The predicted octanol–water partition coefficient (Wildman–Crippen LogP) is 0.609. The van der Waals surface area contributed by atoms with E-state index in [4.69, 9.17) is 4.74 Å². The van der Waals surface area contributed by atoms with E-state index in [0.29, 0.717) is 12.4 Å². The molecule has 0 aliphatic carbocycles. The summed E-state index contributed by atoms with van der Waals surface area (Å²) < 4.78 is 30.3. The van der Waals surface area contributed by atoms with Crippen molar-refractivity contribution >= 4 is 10.0 Å². The maximum Gasteiger partial charge on any atom is 0.275 e. The molecule has 8 heteroatoms. The Morgan fingerprint density at radius 3 is 2.39 bits per heavy atom. The summed E-state index contributed by atoms with van der Waals surface area (Å²) in [5.74, 6) is 0.626. The zero-order valence-electron chi connectivity index (χ0n) is 9.65. The van der Waals surface area contributed by atoms with E-state index < -0.39 is 10.0 Å². The van der Waals surface area contributed by atoms with Crippen molar-refractivity contribution in [1.82, 2.24) is 14.9 Å². The SMILES string of the molecule is CCOc1ccc(S(=O)(=O)Nn2cnnc2)cc1. The summed E-state index contributed by atoms with van der Waals surface area (Å²) in [7, 11) is -3.64. The van der Waals surface area contributed by atoms with Gasteiger partial charge >= 0.3 is 0 Å². The van der Waals surface area contributed by atoms with Crippen LogP contribution < -0.4 is 9.57 Å². The molecule has 0 saturated carbocycles. The van der Waals surface area contributed by atoms with Crippen LogP contribution in [0, 0.1) is 0 Å². The quantitative estimate of drug-likeness (QED) is 0.858. The minimum absolute atomic E-state index is 0.139. The topological polar surface area (TPSA) is 86.1 Å². The first-order chi connectivity index (χ1) is 8.62. The molecule has 0 aliphatic rings. The fraction of sp³-hybridized carbons (Fsp3) is 0.200. The zero-order valence-corrected chi connectivity index (χ0v) is 10.5. The number of rotatable bonds is 5. The first-order valence-corrected chi connectivity index (χ1v) is 6.70. The summed E-state index contributed by atoms with van der Waals surface area (Å²) in [5.41, 5.74) is 0. The first-order valence-electron chi connectivity index (χ1n) is 5.22. The smallest absolute Gasteiger partial charge is 0.275 e. The third kappa shape index (κ3) is 2.77. The lowest BCUT2D eigenvalue weighted by atomic mass is 10.3. The molecule has 0 bridgehead atoms. The highest BCUT2D eigenvalue weighted by molar-refractivity contribution is 7.92. The molecular weight excluding hydrogens is 256 g/mol. The largest absolute Gasteiger partial charge is 0.494 e. The van der Waals surface area contributed by atoms with Crippen LogP contribution in [0.4, 0.5) is 0 Å². The van der Waals surface area contributed by atoms with Gasteiger partial charge in [-0.3, -0.25) is 0 Å². The highest BCUT2D eigenvalue weighted by atomic mass is 32.2. The van der Waals surface area contributed by atoms with Gasteiger partial charge < -0.3 is 4.74 Å². The first kappa shape index (κ1) is 12.4. The van der Waals surface area contributed by atoms with Gasteiger partial charge in [0, 0.05) is 0 Å². The van der Waals surface area contributed by atoms with Gasteiger partial charge in [-0.15, -0.1) is 10.2 Å². The van der Waals surface area contributed by atoms with Crippen LogP contribution in [0.3, 0.4) is 0 Å². The van der Waals surface area contributed by atoms with Crippen molar-refractivity contribution in [2.45, 2.75) is 11.8 Å². The summed E-state index contributed by atoms with van der Waals surface area (Å²) in [6.45, 7) is 2.39. The van der Waals surface area contributed by atoms with E-state index in [1.807, 2.05) is 6.92 Å². The molecule has 0 aliphatic heterocycles. The molecule has 0 saturated heterocycles. The molecule has 0 atom stereocenters. The zero-order chi connectivity index (χ0) is 13.0. The number of ether oxygens (including phenoxy) is 1. The lowest BCUT2D eigenvalue weighted by Crippen LogP contribution is -2.21. The van der Waals surface area contributed by atoms with Crippen LogP contribution in [0.25, 0.3) is 0 Å². The Hall–Kier alpha value is -2.09. The Kier molecular flexibility index (Phi) is 3.47. The number of hydrogen-bond acceptors (Lipinski definition) is 5. The Morgan fingerprint density at radius 2 is 1.83 bits per heavy atom. The molecule has 1 N–H and O–H groups in total. The lowest BCUT2D eigenvalue weighted by molar-refractivity contribution is 0.340. The molecule has 1 aromatic heterocycles. The van der Waals surface area contributed by atoms with E-state index >= 15 is 0 Å². The molecule has 0 spiro atoms. The second-order valence-corrected chi connectivity index (χ2v) is 5.03. The van der Waals surface area contributed by atoms with E-state index in [9.17, 15) is 8.42 Å². The third-order valence-corrected chi connectivity index (χ3v) is 3.43. The van der Waals surface area contributed by atoms with Crippen LogP contribution in [0.15, 0.2) is 41.8 Å². The highest BCUT2D eigenvalue weighted by Crippen LogP contribution is 2.16. The fourth-order valence-corrected chi connectivity index (χ4v) is 2.29. The molecule has 1 aromatic carbocycles. The van der Waals surface area contributed by atoms with Crippen molar-refractivity contribution in [1.29, 1.82) is 0 Å². The van der Waals surface area contributed by atoms with E-state index in [2.05, 4.69) is 15.0 Å². The van der Waals surface area contributed by atoms with Gasteiger partial charge in [-0.05, 0) is 31.2 Å². The van der Waals surface area contributed by atoms with Gasteiger partial charge in [-0.2, -0.15) is 8.42 Å². The van der Waals surface area contributed by atoms with Crippen molar-refractivity contribution in [2.24, 2.45) is 0 Å². The van der Waals surface area contributed by atoms with Crippen molar-refractivity contribution in [3.8, 4) is 5.75 Å². The number of nitrogens with one attached hydrogen (secondary N) is 1. The number of sulfonamides is 1. The minimum atomic E-state index is -3.64. The summed E-state index contributed by atoms with van der Waals surface area (Å²) >= 11 is 0. The molecule has 2 rings (SSSR count). The van der Waals surface area contributed by atoms with Gasteiger partial charge in [0.25, 0.3) is 10.0 Å². The fourth-order valence-electron chi connectivity index (χ4n) is 1.32.